The summed E-state index contributed by atoms with van der Waals surface area (Å²) in [6.07, 6.45) is 4.70. The monoisotopic (exact) mass is 253 g/mol. The van der Waals surface area contributed by atoms with Crippen molar-refractivity contribution in [1.29, 1.82) is 0 Å². The maximum Gasteiger partial charge on any atom is 0.242 e. The molecule has 1 saturated heterocycles. The van der Waals surface area contributed by atoms with E-state index in [2.05, 4.69) is 5.32 Å². The minimum Gasteiger partial charge on any atom is -0.353 e. The lowest BCUT2D eigenvalue weighted by atomic mass is 9.84. The van der Waals surface area contributed by atoms with Crippen LogP contribution in [0.5, 0.6) is 0 Å². The van der Waals surface area contributed by atoms with Crippen LogP contribution < -0.4 is 11.1 Å². The van der Waals surface area contributed by atoms with Gasteiger partial charge in [-0.05, 0) is 38.5 Å². The number of rotatable bonds is 2. The van der Waals surface area contributed by atoms with Crippen LogP contribution in [0, 0.1) is 5.92 Å². The van der Waals surface area contributed by atoms with Crippen molar-refractivity contribution in [3.05, 3.63) is 0 Å². The van der Waals surface area contributed by atoms with Crippen molar-refractivity contribution in [2.24, 2.45) is 11.7 Å². The fraction of sp³-hybridized carbons (Fsp3) is 0.846. The first-order valence-corrected chi connectivity index (χ1v) is 6.90. The third-order valence-corrected chi connectivity index (χ3v) is 4.17. The van der Waals surface area contributed by atoms with Crippen LogP contribution in [0.2, 0.25) is 0 Å². The molecule has 1 heterocycles. The van der Waals surface area contributed by atoms with Crippen LogP contribution in [0.4, 0.5) is 0 Å². The topological polar surface area (TPSA) is 75.4 Å². The predicted molar refractivity (Wildman–Crippen MR) is 68.7 cm³/mol. The van der Waals surface area contributed by atoms with Crippen molar-refractivity contribution in [2.45, 2.75) is 51.1 Å². The van der Waals surface area contributed by atoms with Crippen LogP contribution in [0.3, 0.4) is 0 Å². The van der Waals surface area contributed by atoms with Crippen LogP contribution in [0.15, 0.2) is 0 Å². The first-order valence-electron chi connectivity index (χ1n) is 6.90. The van der Waals surface area contributed by atoms with E-state index in [0.29, 0.717) is 31.5 Å². The molecule has 1 unspecified atom stereocenters. The summed E-state index contributed by atoms with van der Waals surface area (Å²) >= 11 is 0. The molecular formula is C13H23N3O2. The Kier molecular flexibility index (Phi) is 4.22. The molecule has 1 aliphatic carbocycles. The van der Waals surface area contributed by atoms with Gasteiger partial charge in [0.25, 0.3) is 0 Å². The molecule has 0 radical (unpaired) electrons. The van der Waals surface area contributed by atoms with Gasteiger partial charge in [0, 0.05) is 25.6 Å². The van der Waals surface area contributed by atoms with Gasteiger partial charge in [-0.2, -0.15) is 0 Å². The van der Waals surface area contributed by atoms with E-state index in [4.69, 9.17) is 5.73 Å². The summed E-state index contributed by atoms with van der Waals surface area (Å²) in [5, 5.41) is 2.78. The van der Waals surface area contributed by atoms with Crippen molar-refractivity contribution in [2.75, 3.05) is 13.1 Å². The maximum absolute atomic E-state index is 12.2. The second-order valence-electron chi connectivity index (χ2n) is 5.54. The lowest BCUT2D eigenvalue weighted by Crippen LogP contribution is -2.56. The van der Waals surface area contributed by atoms with Crippen molar-refractivity contribution in [3.63, 3.8) is 0 Å². The molecule has 2 rings (SSSR count). The van der Waals surface area contributed by atoms with Gasteiger partial charge in [0.15, 0.2) is 0 Å². The molecule has 102 valence electrons. The van der Waals surface area contributed by atoms with E-state index in [9.17, 15) is 9.59 Å². The van der Waals surface area contributed by atoms with Crippen LogP contribution in [0.1, 0.15) is 39.0 Å². The number of hydrogen-bond donors (Lipinski definition) is 2. The van der Waals surface area contributed by atoms with Gasteiger partial charge in [-0.15, -0.1) is 0 Å². The molecule has 2 amide bonds. The molecular weight excluding hydrogens is 230 g/mol. The lowest BCUT2D eigenvalue weighted by molar-refractivity contribution is -0.143. The van der Waals surface area contributed by atoms with Crippen LogP contribution in [-0.4, -0.2) is 41.9 Å². The molecule has 3 N–H and O–H groups in total. The third kappa shape index (κ3) is 3.02. The predicted octanol–water partition coefficient (Wildman–Crippen LogP) is 0.241. The summed E-state index contributed by atoms with van der Waals surface area (Å²) in [5.74, 6) is 0.535. The van der Waals surface area contributed by atoms with Crippen molar-refractivity contribution >= 4 is 11.8 Å². The molecule has 1 saturated carbocycles. The zero-order valence-corrected chi connectivity index (χ0v) is 11.0. The summed E-state index contributed by atoms with van der Waals surface area (Å²) in [6.45, 7) is 3.01. The number of amides is 2. The van der Waals surface area contributed by atoms with Gasteiger partial charge in [-0.3, -0.25) is 9.59 Å². The van der Waals surface area contributed by atoms with Crippen LogP contribution in [0.25, 0.3) is 0 Å². The van der Waals surface area contributed by atoms with Gasteiger partial charge in [-0.25, -0.2) is 0 Å². The Bertz CT molecular complexity index is 324. The SMILES string of the molecule is CC1C(=O)NCCN1C(=O)CC1CCC(N)CC1. The van der Waals surface area contributed by atoms with Gasteiger partial charge >= 0.3 is 0 Å². The first kappa shape index (κ1) is 13.3. The Morgan fingerprint density at radius 1 is 1.39 bits per heavy atom. The second kappa shape index (κ2) is 5.69. The molecule has 0 aromatic carbocycles. The zero-order chi connectivity index (χ0) is 13.1. The Labute approximate surface area is 108 Å². The fourth-order valence-corrected chi connectivity index (χ4v) is 2.88. The average molecular weight is 253 g/mol. The van der Waals surface area contributed by atoms with E-state index >= 15 is 0 Å². The zero-order valence-electron chi connectivity index (χ0n) is 11.0. The van der Waals surface area contributed by atoms with E-state index in [1.165, 1.54) is 0 Å². The molecule has 0 spiro atoms. The highest BCUT2D eigenvalue weighted by Crippen LogP contribution is 2.26. The highest BCUT2D eigenvalue weighted by molar-refractivity contribution is 5.88. The molecule has 2 aliphatic rings. The van der Waals surface area contributed by atoms with Crippen LogP contribution in [-0.2, 0) is 9.59 Å². The molecule has 5 heteroatoms. The van der Waals surface area contributed by atoms with Gasteiger partial charge in [-0.1, -0.05) is 0 Å². The maximum atomic E-state index is 12.2. The van der Waals surface area contributed by atoms with E-state index in [-0.39, 0.29) is 17.9 Å². The molecule has 18 heavy (non-hydrogen) atoms. The minimum absolute atomic E-state index is 0.0414. The number of hydrogen-bond acceptors (Lipinski definition) is 3. The van der Waals surface area contributed by atoms with Crippen molar-refractivity contribution in [3.8, 4) is 0 Å². The van der Waals surface area contributed by atoms with E-state index in [1.54, 1.807) is 11.8 Å². The molecule has 1 aliphatic heterocycles. The Morgan fingerprint density at radius 2 is 2.06 bits per heavy atom. The first-order chi connectivity index (χ1) is 8.58. The Balaban J connectivity index is 1.85. The highest BCUT2D eigenvalue weighted by atomic mass is 16.2. The number of carbonyl (C=O) groups excluding carboxylic acids is 2. The lowest BCUT2D eigenvalue weighted by Gasteiger charge is -2.34. The van der Waals surface area contributed by atoms with Gasteiger partial charge in [0.2, 0.25) is 11.8 Å². The fourth-order valence-electron chi connectivity index (χ4n) is 2.88. The Hall–Kier alpha value is -1.10. The molecule has 0 aromatic heterocycles. The van der Waals surface area contributed by atoms with Gasteiger partial charge in [0.1, 0.15) is 6.04 Å². The van der Waals surface area contributed by atoms with E-state index < -0.39 is 0 Å². The summed E-state index contributed by atoms with van der Waals surface area (Å²) in [6, 6.07) is -0.00635. The normalized spacial score (nSPS) is 33.1. The van der Waals surface area contributed by atoms with E-state index in [1.807, 2.05) is 0 Å². The quantitative estimate of drug-likeness (QED) is 0.740. The standard InChI is InChI=1S/C13H23N3O2/c1-9-13(18)15-6-7-16(9)12(17)8-10-2-4-11(14)5-3-10/h9-11H,2-8,14H2,1H3,(H,15,18). The van der Waals surface area contributed by atoms with Crippen molar-refractivity contribution < 1.29 is 9.59 Å². The smallest absolute Gasteiger partial charge is 0.242 e. The van der Waals surface area contributed by atoms with E-state index in [0.717, 1.165) is 25.7 Å². The highest BCUT2D eigenvalue weighted by Gasteiger charge is 2.31. The van der Waals surface area contributed by atoms with Crippen molar-refractivity contribution in [1.82, 2.24) is 10.2 Å². The summed E-state index contributed by atoms with van der Waals surface area (Å²) in [5.41, 5.74) is 5.86. The minimum atomic E-state index is -0.322. The van der Waals surface area contributed by atoms with Crippen LogP contribution >= 0.6 is 0 Å². The number of carbonyl (C=O) groups is 2. The molecule has 2 fully saturated rings. The number of nitrogens with zero attached hydrogens (tertiary/aromatic N) is 1. The average Bonchev–Trinajstić information content (AvgIpc) is 2.35. The largest absolute Gasteiger partial charge is 0.353 e. The molecule has 1 atom stereocenters. The Morgan fingerprint density at radius 3 is 2.72 bits per heavy atom. The molecule has 5 nitrogen and oxygen atoms in total. The summed E-state index contributed by atoms with van der Waals surface area (Å²) in [7, 11) is 0. The summed E-state index contributed by atoms with van der Waals surface area (Å²) in [4.78, 5) is 25.5. The second-order valence-corrected chi connectivity index (χ2v) is 5.54. The number of nitrogens with one attached hydrogen (secondary N) is 1. The molecule has 0 bridgehead atoms. The molecule has 0 aromatic rings. The number of nitrogens with two attached hydrogens (primary N) is 1. The number of piperazine rings is 1. The van der Waals surface area contributed by atoms with Gasteiger partial charge in [0.05, 0.1) is 0 Å². The summed E-state index contributed by atoms with van der Waals surface area (Å²) < 4.78 is 0. The van der Waals surface area contributed by atoms with Gasteiger partial charge < -0.3 is 16.0 Å². The third-order valence-electron chi connectivity index (χ3n) is 4.17.